The zero-order valence-electron chi connectivity index (χ0n) is 19.0. The molecule has 4 heterocycles. The SMILES string of the molecule is CCOC(=O)c1c(-c2ccco2)csc1NC(=O)COC(=O)c1cc(C)nc2c1c(C)nn2C. The summed E-state index contributed by atoms with van der Waals surface area (Å²) in [5, 5.41) is 9.48. The summed E-state index contributed by atoms with van der Waals surface area (Å²) in [5.74, 6) is -1.40. The number of anilines is 1. The summed E-state index contributed by atoms with van der Waals surface area (Å²) in [6.07, 6.45) is 1.49. The molecule has 4 aromatic heterocycles. The van der Waals surface area contributed by atoms with Gasteiger partial charge in [0.1, 0.15) is 16.3 Å². The third-order valence-electron chi connectivity index (χ3n) is 4.96. The number of carbonyl (C=O) groups excluding carboxylic acids is 3. The Hall–Kier alpha value is -3.99. The van der Waals surface area contributed by atoms with Crippen molar-refractivity contribution in [1.29, 1.82) is 0 Å². The van der Waals surface area contributed by atoms with Gasteiger partial charge in [-0.2, -0.15) is 5.10 Å². The van der Waals surface area contributed by atoms with Crippen molar-refractivity contribution in [3.63, 3.8) is 0 Å². The van der Waals surface area contributed by atoms with Gasteiger partial charge in [-0.05, 0) is 39.0 Å². The van der Waals surface area contributed by atoms with Gasteiger partial charge >= 0.3 is 11.9 Å². The van der Waals surface area contributed by atoms with Crippen LogP contribution in [0.1, 0.15) is 39.0 Å². The maximum atomic E-state index is 12.8. The Morgan fingerprint density at radius 2 is 2.00 bits per heavy atom. The third kappa shape index (κ3) is 4.42. The van der Waals surface area contributed by atoms with E-state index in [9.17, 15) is 14.4 Å². The van der Waals surface area contributed by atoms with Gasteiger partial charge < -0.3 is 19.2 Å². The average molecular weight is 483 g/mol. The van der Waals surface area contributed by atoms with Crippen LogP contribution < -0.4 is 5.32 Å². The molecule has 34 heavy (non-hydrogen) atoms. The molecule has 0 aliphatic carbocycles. The second kappa shape index (κ2) is 9.48. The minimum Gasteiger partial charge on any atom is -0.464 e. The van der Waals surface area contributed by atoms with E-state index < -0.39 is 24.5 Å². The number of thiophene rings is 1. The number of esters is 2. The van der Waals surface area contributed by atoms with Crippen LogP contribution in [-0.2, 0) is 21.3 Å². The smallest absolute Gasteiger partial charge is 0.341 e. The topological polar surface area (TPSA) is 126 Å². The molecule has 4 rings (SSSR count). The molecule has 0 unspecified atom stereocenters. The first-order valence-corrected chi connectivity index (χ1v) is 11.3. The van der Waals surface area contributed by atoms with Gasteiger partial charge in [0.05, 0.1) is 29.5 Å². The molecule has 0 aliphatic rings. The Balaban J connectivity index is 1.52. The van der Waals surface area contributed by atoms with Gasteiger partial charge in [-0.3, -0.25) is 9.48 Å². The molecule has 0 saturated carbocycles. The summed E-state index contributed by atoms with van der Waals surface area (Å²) in [4.78, 5) is 42.4. The lowest BCUT2D eigenvalue weighted by molar-refractivity contribution is -0.119. The number of nitrogens with zero attached hydrogens (tertiary/aromatic N) is 3. The summed E-state index contributed by atoms with van der Waals surface area (Å²) in [5.41, 5.74) is 2.77. The highest BCUT2D eigenvalue weighted by Crippen LogP contribution is 2.36. The molecule has 0 spiro atoms. The van der Waals surface area contributed by atoms with Crippen LogP contribution in [0.25, 0.3) is 22.4 Å². The van der Waals surface area contributed by atoms with Gasteiger partial charge in [0.25, 0.3) is 5.91 Å². The number of carbonyl (C=O) groups is 3. The Morgan fingerprint density at radius 1 is 1.21 bits per heavy atom. The highest BCUT2D eigenvalue weighted by molar-refractivity contribution is 7.15. The normalized spacial score (nSPS) is 10.9. The molecule has 10 nitrogen and oxygen atoms in total. The van der Waals surface area contributed by atoms with E-state index in [0.29, 0.717) is 33.7 Å². The predicted molar refractivity (Wildman–Crippen MR) is 125 cm³/mol. The van der Waals surface area contributed by atoms with E-state index in [1.54, 1.807) is 56.1 Å². The van der Waals surface area contributed by atoms with Crippen molar-refractivity contribution in [3.8, 4) is 11.3 Å². The van der Waals surface area contributed by atoms with Crippen LogP contribution in [0, 0.1) is 13.8 Å². The van der Waals surface area contributed by atoms with E-state index in [4.69, 9.17) is 13.9 Å². The molecule has 0 bridgehead atoms. The fourth-order valence-corrected chi connectivity index (χ4v) is 4.53. The van der Waals surface area contributed by atoms with Gasteiger partial charge in [0, 0.05) is 23.7 Å². The molecule has 0 aliphatic heterocycles. The van der Waals surface area contributed by atoms with Crippen molar-refractivity contribution in [3.05, 3.63) is 52.4 Å². The van der Waals surface area contributed by atoms with E-state index >= 15 is 0 Å². The third-order valence-corrected chi connectivity index (χ3v) is 5.86. The molecule has 4 aromatic rings. The number of pyridine rings is 1. The zero-order valence-corrected chi connectivity index (χ0v) is 19.8. The van der Waals surface area contributed by atoms with Crippen molar-refractivity contribution in [2.45, 2.75) is 20.8 Å². The van der Waals surface area contributed by atoms with Crippen LogP contribution in [0.15, 0.2) is 34.3 Å². The number of amides is 1. The zero-order chi connectivity index (χ0) is 24.4. The second-order valence-electron chi connectivity index (χ2n) is 7.39. The summed E-state index contributed by atoms with van der Waals surface area (Å²) in [6.45, 7) is 4.85. The first-order valence-electron chi connectivity index (χ1n) is 10.4. The van der Waals surface area contributed by atoms with Crippen LogP contribution >= 0.6 is 11.3 Å². The Bertz CT molecular complexity index is 1390. The van der Waals surface area contributed by atoms with Crippen LogP contribution in [0.2, 0.25) is 0 Å². The maximum Gasteiger partial charge on any atom is 0.341 e. The van der Waals surface area contributed by atoms with Crippen molar-refractivity contribution in [1.82, 2.24) is 14.8 Å². The lowest BCUT2D eigenvalue weighted by Gasteiger charge is -2.09. The lowest BCUT2D eigenvalue weighted by Crippen LogP contribution is -2.22. The van der Waals surface area contributed by atoms with Crippen molar-refractivity contribution in [2.75, 3.05) is 18.5 Å². The highest BCUT2D eigenvalue weighted by atomic mass is 32.1. The molecule has 0 saturated heterocycles. The molecule has 0 aromatic carbocycles. The first-order chi connectivity index (χ1) is 16.3. The number of rotatable bonds is 7. The standard InChI is InChI=1S/C23H22N4O6S/c1-5-31-23(30)19-15(16-7-6-8-32-16)11-34-21(19)25-17(28)10-33-22(29)14-9-12(2)24-20-18(14)13(3)26-27(20)4/h6-9,11H,5,10H2,1-4H3,(H,25,28). The summed E-state index contributed by atoms with van der Waals surface area (Å²) in [7, 11) is 1.74. The van der Waals surface area contributed by atoms with E-state index in [1.165, 1.54) is 6.26 Å². The number of aryl methyl sites for hydroxylation is 3. The monoisotopic (exact) mass is 482 g/mol. The van der Waals surface area contributed by atoms with Crippen LogP contribution in [0.4, 0.5) is 5.00 Å². The Labute approximate surface area is 198 Å². The first kappa shape index (κ1) is 23.2. The molecule has 1 N–H and O–H groups in total. The van der Waals surface area contributed by atoms with Crippen LogP contribution in [-0.4, -0.2) is 45.8 Å². The highest BCUT2D eigenvalue weighted by Gasteiger charge is 2.25. The van der Waals surface area contributed by atoms with E-state index in [-0.39, 0.29) is 22.7 Å². The van der Waals surface area contributed by atoms with Crippen molar-refractivity contribution < 1.29 is 28.3 Å². The fourth-order valence-electron chi connectivity index (χ4n) is 3.57. The van der Waals surface area contributed by atoms with E-state index in [0.717, 1.165) is 11.3 Å². The Morgan fingerprint density at radius 3 is 2.71 bits per heavy atom. The molecular weight excluding hydrogens is 460 g/mol. The number of ether oxygens (including phenoxy) is 2. The van der Waals surface area contributed by atoms with Gasteiger partial charge in [-0.1, -0.05) is 0 Å². The Kier molecular flexibility index (Phi) is 6.46. The van der Waals surface area contributed by atoms with Gasteiger partial charge in [-0.25, -0.2) is 14.6 Å². The number of furan rings is 1. The molecule has 0 atom stereocenters. The number of nitrogens with one attached hydrogen (secondary N) is 1. The second-order valence-corrected chi connectivity index (χ2v) is 8.27. The quantitative estimate of drug-likeness (QED) is 0.393. The summed E-state index contributed by atoms with van der Waals surface area (Å²) in [6, 6.07) is 5.00. The maximum absolute atomic E-state index is 12.8. The van der Waals surface area contributed by atoms with E-state index in [2.05, 4.69) is 15.4 Å². The molecule has 176 valence electrons. The van der Waals surface area contributed by atoms with Crippen LogP contribution in [0.5, 0.6) is 0 Å². The summed E-state index contributed by atoms with van der Waals surface area (Å²) >= 11 is 1.14. The minimum atomic E-state index is -0.671. The molecule has 11 heteroatoms. The van der Waals surface area contributed by atoms with Crippen LogP contribution in [0.3, 0.4) is 0 Å². The number of fused-ring (bicyclic) bond motifs is 1. The van der Waals surface area contributed by atoms with Gasteiger partial charge in [0.15, 0.2) is 12.3 Å². The van der Waals surface area contributed by atoms with Gasteiger partial charge in [-0.15, -0.1) is 11.3 Å². The van der Waals surface area contributed by atoms with Crippen molar-refractivity contribution >= 4 is 45.2 Å². The fraction of sp³-hybridized carbons (Fsp3) is 0.261. The molecular formula is C23H22N4O6S. The predicted octanol–water partition coefficient (Wildman–Crippen LogP) is 3.88. The van der Waals surface area contributed by atoms with E-state index in [1.807, 2.05) is 0 Å². The average Bonchev–Trinajstić information content (AvgIpc) is 3.52. The number of hydrogen-bond donors (Lipinski definition) is 1. The van der Waals surface area contributed by atoms with Crippen molar-refractivity contribution in [2.24, 2.45) is 7.05 Å². The minimum absolute atomic E-state index is 0.171. The number of hydrogen-bond acceptors (Lipinski definition) is 9. The van der Waals surface area contributed by atoms with Gasteiger partial charge in [0.2, 0.25) is 0 Å². The lowest BCUT2D eigenvalue weighted by atomic mass is 10.1. The number of aromatic nitrogens is 3. The largest absolute Gasteiger partial charge is 0.464 e. The molecule has 0 fully saturated rings. The summed E-state index contributed by atoms with van der Waals surface area (Å²) < 4.78 is 17.4. The molecule has 0 radical (unpaired) electrons. The molecule has 1 amide bonds.